The van der Waals surface area contributed by atoms with Gasteiger partial charge in [-0.15, -0.1) is 0 Å². The monoisotopic (exact) mass is 284 g/mol. The topological polar surface area (TPSA) is 80.5 Å². The molecule has 1 heterocycles. The van der Waals surface area contributed by atoms with Crippen molar-refractivity contribution in [2.75, 3.05) is 18.8 Å². The SMILES string of the molecule is NS(=O)(=O)CC1CC(=O)N(CC2CC3C=CC2C3)C1. The normalized spacial score (nSPS) is 37.5. The summed E-state index contributed by atoms with van der Waals surface area (Å²) in [6.45, 7) is 1.33. The van der Waals surface area contributed by atoms with E-state index in [9.17, 15) is 13.2 Å². The van der Waals surface area contributed by atoms with Gasteiger partial charge in [0, 0.05) is 25.4 Å². The van der Waals surface area contributed by atoms with Crippen molar-refractivity contribution in [2.45, 2.75) is 19.3 Å². The second kappa shape index (κ2) is 4.59. The quantitative estimate of drug-likeness (QED) is 0.756. The molecule has 1 aliphatic heterocycles. The van der Waals surface area contributed by atoms with Gasteiger partial charge in [-0.25, -0.2) is 13.6 Å². The largest absolute Gasteiger partial charge is 0.342 e. The molecule has 0 aromatic heterocycles. The first kappa shape index (κ1) is 13.1. The first-order valence-corrected chi connectivity index (χ1v) is 8.59. The fourth-order valence-electron chi connectivity index (χ4n) is 3.86. The van der Waals surface area contributed by atoms with Crippen LogP contribution in [0.2, 0.25) is 0 Å². The van der Waals surface area contributed by atoms with Gasteiger partial charge in [0.1, 0.15) is 0 Å². The number of primary sulfonamides is 1. The molecule has 1 amide bonds. The number of likely N-dealkylation sites (tertiary alicyclic amines) is 1. The number of carbonyl (C=O) groups excluding carboxylic acids is 1. The fraction of sp³-hybridized carbons (Fsp3) is 0.769. The van der Waals surface area contributed by atoms with Gasteiger partial charge in [0.2, 0.25) is 15.9 Å². The second-order valence-corrected chi connectivity index (χ2v) is 7.90. The molecule has 2 N–H and O–H groups in total. The zero-order valence-electron chi connectivity index (χ0n) is 10.9. The van der Waals surface area contributed by atoms with Crippen molar-refractivity contribution >= 4 is 15.9 Å². The van der Waals surface area contributed by atoms with E-state index in [0.29, 0.717) is 30.7 Å². The molecule has 5 nitrogen and oxygen atoms in total. The summed E-state index contributed by atoms with van der Waals surface area (Å²) in [5.41, 5.74) is 0. The van der Waals surface area contributed by atoms with Crippen LogP contribution in [0.4, 0.5) is 0 Å². The molecule has 19 heavy (non-hydrogen) atoms. The fourth-order valence-corrected chi connectivity index (χ4v) is 4.74. The average molecular weight is 284 g/mol. The molecule has 4 unspecified atom stereocenters. The summed E-state index contributed by atoms with van der Waals surface area (Å²) in [6.07, 6.45) is 7.29. The lowest BCUT2D eigenvalue weighted by molar-refractivity contribution is -0.128. The van der Waals surface area contributed by atoms with E-state index in [1.165, 1.54) is 12.8 Å². The number of amides is 1. The average Bonchev–Trinajstić information content (AvgIpc) is 2.93. The Morgan fingerprint density at radius 3 is 2.68 bits per heavy atom. The first-order valence-electron chi connectivity index (χ1n) is 6.87. The number of carbonyl (C=O) groups is 1. The lowest BCUT2D eigenvalue weighted by atomic mass is 9.93. The van der Waals surface area contributed by atoms with Crippen molar-refractivity contribution in [3.8, 4) is 0 Å². The molecule has 1 saturated carbocycles. The molecule has 6 heteroatoms. The third-order valence-electron chi connectivity index (χ3n) is 4.63. The summed E-state index contributed by atoms with van der Waals surface area (Å²) >= 11 is 0. The number of nitrogens with zero attached hydrogens (tertiary/aromatic N) is 1. The third-order valence-corrected chi connectivity index (χ3v) is 5.57. The van der Waals surface area contributed by atoms with Gasteiger partial charge >= 0.3 is 0 Å². The molecule has 0 radical (unpaired) electrons. The van der Waals surface area contributed by atoms with Crippen molar-refractivity contribution in [1.82, 2.24) is 4.90 Å². The van der Waals surface area contributed by atoms with Crippen LogP contribution in [0.5, 0.6) is 0 Å². The Morgan fingerprint density at radius 2 is 2.11 bits per heavy atom. The zero-order valence-corrected chi connectivity index (χ0v) is 11.7. The van der Waals surface area contributed by atoms with Gasteiger partial charge in [-0.3, -0.25) is 4.79 Å². The number of rotatable bonds is 4. The van der Waals surface area contributed by atoms with Gasteiger partial charge in [0.05, 0.1) is 5.75 Å². The Hall–Kier alpha value is -0.880. The molecule has 1 saturated heterocycles. The van der Waals surface area contributed by atoms with Gasteiger partial charge in [-0.2, -0.15) is 0 Å². The second-order valence-electron chi connectivity index (χ2n) is 6.24. The summed E-state index contributed by atoms with van der Waals surface area (Å²) in [7, 11) is -3.48. The van der Waals surface area contributed by atoms with E-state index in [4.69, 9.17) is 5.14 Å². The highest BCUT2D eigenvalue weighted by molar-refractivity contribution is 7.89. The van der Waals surface area contributed by atoms with Crippen LogP contribution in [0.25, 0.3) is 0 Å². The molecule has 0 aromatic carbocycles. The minimum atomic E-state index is -3.48. The summed E-state index contributed by atoms with van der Waals surface area (Å²) in [4.78, 5) is 13.8. The number of allylic oxidation sites excluding steroid dienone is 2. The molecular formula is C13H20N2O3S. The predicted molar refractivity (Wildman–Crippen MR) is 71.5 cm³/mol. The predicted octanol–water partition coefficient (Wildman–Crippen LogP) is 0.336. The Labute approximate surface area is 113 Å². The molecule has 106 valence electrons. The van der Waals surface area contributed by atoms with E-state index in [1.807, 2.05) is 4.90 Å². The molecule has 3 aliphatic rings. The standard InChI is InChI=1S/C13H20N2O3S/c14-19(17,18)8-10-5-13(16)15(6-10)7-12-4-9-1-2-11(12)3-9/h1-2,9-12H,3-8H2,(H2,14,17,18). The Balaban J connectivity index is 1.57. The maximum Gasteiger partial charge on any atom is 0.222 e. The number of hydrogen-bond donors (Lipinski definition) is 1. The van der Waals surface area contributed by atoms with Gasteiger partial charge in [0.25, 0.3) is 0 Å². The minimum Gasteiger partial charge on any atom is -0.342 e. The summed E-state index contributed by atoms with van der Waals surface area (Å²) < 4.78 is 22.2. The molecular weight excluding hydrogens is 264 g/mol. The summed E-state index contributed by atoms with van der Waals surface area (Å²) in [6, 6.07) is 0. The number of sulfonamides is 1. The third kappa shape index (κ3) is 2.84. The van der Waals surface area contributed by atoms with Crippen molar-refractivity contribution in [2.24, 2.45) is 28.8 Å². The maximum atomic E-state index is 11.9. The van der Waals surface area contributed by atoms with Crippen LogP contribution in [0.3, 0.4) is 0 Å². The van der Waals surface area contributed by atoms with Crippen molar-refractivity contribution in [3.05, 3.63) is 12.2 Å². The Morgan fingerprint density at radius 1 is 1.32 bits per heavy atom. The van der Waals surface area contributed by atoms with Crippen molar-refractivity contribution in [1.29, 1.82) is 0 Å². The van der Waals surface area contributed by atoms with E-state index in [-0.39, 0.29) is 17.6 Å². The van der Waals surface area contributed by atoms with Crippen LogP contribution in [-0.4, -0.2) is 38.1 Å². The van der Waals surface area contributed by atoms with Crippen LogP contribution < -0.4 is 5.14 Å². The number of hydrogen-bond acceptors (Lipinski definition) is 3. The van der Waals surface area contributed by atoms with E-state index in [0.717, 1.165) is 6.54 Å². The minimum absolute atomic E-state index is 0.0775. The number of fused-ring (bicyclic) bond motifs is 2. The van der Waals surface area contributed by atoms with Gasteiger partial charge in [0.15, 0.2) is 0 Å². The lowest BCUT2D eigenvalue weighted by Crippen LogP contribution is -2.33. The molecule has 0 aromatic rings. The Kier molecular flexibility index (Phi) is 3.17. The van der Waals surface area contributed by atoms with Crippen LogP contribution in [0.15, 0.2) is 12.2 Å². The van der Waals surface area contributed by atoms with Crippen molar-refractivity contribution in [3.63, 3.8) is 0 Å². The van der Waals surface area contributed by atoms with Crippen LogP contribution in [0, 0.1) is 23.7 Å². The van der Waals surface area contributed by atoms with Crippen LogP contribution >= 0.6 is 0 Å². The highest BCUT2D eigenvalue weighted by Crippen LogP contribution is 2.44. The molecule has 0 spiro atoms. The molecule has 2 bridgehead atoms. The molecule has 2 fully saturated rings. The number of nitrogens with two attached hydrogens (primary N) is 1. The van der Waals surface area contributed by atoms with Gasteiger partial charge in [-0.1, -0.05) is 12.2 Å². The van der Waals surface area contributed by atoms with E-state index < -0.39 is 10.0 Å². The smallest absolute Gasteiger partial charge is 0.222 e. The van der Waals surface area contributed by atoms with Crippen molar-refractivity contribution < 1.29 is 13.2 Å². The van der Waals surface area contributed by atoms with Crippen LogP contribution in [-0.2, 0) is 14.8 Å². The summed E-state index contributed by atoms with van der Waals surface area (Å²) in [5.74, 6) is 1.76. The Bertz CT molecular complexity index is 514. The molecule has 3 rings (SSSR count). The lowest BCUT2D eigenvalue weighted by Gasteiger charge is -2.25. The first-order chi connectivity index (χ1) is 8.90. The van der Waals surface area contributed by atoms with E-state index >= 15 is 0 Å². The van der Waals surface area contributed by atoms with Crippen LogP contribution in [0.1, 0.15) is 19.3 Å². The molecule has 4 atom stereocenters. The van der Waals surface area contributed by atoms with Gasteiger partial charge < -0.3 is 4.90 Å². The highest BCUT2D eigenvalue weighted by Gasteiger charge is 2.39. The summed E-state index contributed by atoms with van der Waals surface area (Å²) in [5, 5.41) is 5.05. The zero-order chi connectivity index (χ0) is 13.6. The maximum absolute atomic E-state index is 11.9. The van der Waals surface area contributed by atoms with E-state index in [2.05, 4.69) is 12.2 Å². The van der Waals surface area contributed by atoms with Gasteiger partial charge in [-0.05, 0) is 30.6 Å². The highest BCUT2D eigenvalue weighted by atomic mass is 32.2. The van der Waals surface area contributed by atoms with E-state index in [1.54, 1.807) is 0 Å². The molecule has 2 aliphatic carbocycles.